The molecule has 0 aromatic carbocycles. The van der Waals surface area contributed by atoms with E-state index in [1.807, 2.05) is 0 Å². The SMILES string of the molecule is CC(CN)CSCC(=O)NC1CCCCC1. The highest BCUT2D eigenvalue weighted by Crippen LogP contribution is 2.17. The number of nitrogens with two attached hydrogens (primary N) is 1. The van der Waals surface area contributed by atoms with Crippen LogP contribution in [0.1, 0.15) is 39.0 Å². The molecule has 16 heavy (non-hydrogen) atoms. The van der Waals surface area contributed by atoms with Gasteiger partial charge in [0.2, 0.25) is 5.91 Å². The molecule has 1 atom stereocenters. The molecular formula is C12H24N2OS. The summed E-state index contributed by atoms with van der Waals surface area (Å²) in [6.45, 7) is 2.82. The number of nitrogens with one attached hydrogen (secondary N) is 1. The summed E-state index contributed by atoms with van der Waals surface area (Å²) in [4.78, 5) is 11.6. The number of hydrogen-bond donors (Lipinski definition) is 2. The van der Waals surface area contributed by atoms with E-state index in [1.54, 1.807) is 11.8 Å². The third kappa shape index (κ3) is 5.75. The molecule has 0 heterocycles. The van der Waals surface area contributed by atoms with Gasteiger partial charge in [-0.25, -0.2) is 0 Å². The first-order chi connectivity index (χ1) is 7.72. The summed E-state index contributed by atoms with van der Waals surface area (Å²) in [5, 5.41) is 3.12. The smallest absolute Gasteiger partial charge is 0.230 e. The van der Waals surface area contributed by atoms with Crippen molar-refractivity contribution in [3.63, 3.8) is 0 Å². The van der Waals surface area contributed by atoms with Crippen LogP contribution in [0.4, 0.5) is 0 Å². The molecule has 1 rings (SSSR count). The Labute approximate surface area is 103 Å². The van der Waals surface area contributed by atoms with E-state index in [0.29, 0.717) is 24.3 Å². The van der Waals surface area contributed by atoms with Crippen molar-refractivity contribution < 1.29 is 4.79 Å². The van der Waals surface area contributed by atoms with Crippen molar-refractivity contribution in [3.8, 4) is 0 Å². The average molecular weight is 244 g/mol. The van der Waals surface area contributed by atoms with Crippen molar-refractivity contribution in [1.29, 1.82) is 0 Å². The maximum atomic E-state index is 11.6. The first-order valence-corrected chi connectivity index (χ1v) is 7.45. The summed E-state index contributed by atoms with van der Waals surface area (Å²) in [6.07, 6.45) is 6.19. The Hall–Kier alpha value is -0.220. The zero-order valence-corrected chi connectivity index (χ0v) is 11.0. The molecule has 0 aliphatic heterocycles. The fourth-order valence-electron chi connectivity index (χ4n) is 1.94. The summed E-state index contributed by atoms with van der Waals surface area (Å²) in [5.74, 6) is 2.27. The molecule has 0 bridgehead atoms. The van der Waals surface area contributed by atoms with Crippen LogP contribution in [-0.2, 0) is 4.79 Å². The molecule has 0 aromatic heterocycles. The van der Waals surface area contributed by atoms with Gasteiger partial charge in [0.25, 0.3) is 0 Å². The van der Waals surface area contributed by atoms with Crippen LogP contribution in [0, 0.1) is 5.92 Å². The highest BCUT2D eigenvalue weighted by molar-refractivity contribution is 7.99. The van der Waals surface area contributed by atoms with Crippen LogP contribution in [0.25, 0.3) is 0 Å². The number of hydrogen-bond acceptors (Lipinski definition) is 3. The molecule has 94 valence electrons. The van der Waals surface area contributed by atoms with Crippen molar-refractivity contribution in [2.45, 2.75) is 45.1 Å². The highest BCUT2D eigenvalue weighted by Gasteiger charge is 2.15. The number of carbonyl (C=O) groups is 1. The molecule has 1 amide bonds. The van der Waals surface area contributed by atoms with Crippen molar-refractivity contribution in [2.75, 3.05) is 18.1 Å². The summed E-state index contributed by atoms with van der Waals surface area (Å²) >= 11 is 1.69. The fourth-order valence-corrected chi connectivity index (χ4v) is 2.86. The molecule has 3 N–H and O–H groups in total. The van der Waals surface area contributed by atoms with Gasteiger partial charge in [-0.05, 0) is 31.1 Å². The minimum absolute atomic E-state index is 0.195. The zero-order chi connectivity index (χ0) is 11.8. The van der Waals surface area contributed by atoms with Gasteiger partial charge < -0.3 is 11.1 Å². The van der Waals surface area contributed by atoms with Crippen LogP contribution in [0.5, 0.6) is 0 Å². The first-order valence-electron chi connectivity index (χ1n) is 6.29. The normalized spacial score (nSPS) is 19.4. The van der Waals surface area contributed by atoms with Crippen molar-refractivity contribution in [2.24, 2.45) is 11.7 Å². The van der Waals surface area contributed by atoms with Crippen molar-refractivity contribution in [3.05, 3.63) is 0 Å². The lowest BCUT2D eigenvalue weighted by molar-refractivity contribution is -0.119. The Morgan fingerprint density at radius 3 is 2.75 bits per heavy atom. The van der Waals surface area contributed by atoms with Crippen LogP contribution >= 0.6 is 11.8 Å². The van der Waals surface area contributed by atoms with E-state index in [-0.39, 0.29) is 5.91 Å². The molecule has 4 heteroatoms. The Bertz CT molecular complexity index is 205. The van der Waals surface area contributed by atoms with E-state index < -0.39 is 0 Å². The van der Waals surface area contributed by atoms with Crippen LogP contribution < -0.4 is 11.1 Å². The lowest BCUT2D eigenvalue weighted by atomic mass is 9.95. The summed E-state index contributed by atoms with van der Waals surface area (Å²) in [5.41, 5.74) is 5.52. The van der Waals surface area contributed by atoms with Gasteiger partial charge in [0.15, 0.2) is 0 Å². The third-order valence-electron chi connectivity index (χ3n) is 3.01. The summed E-state index contributed by atoms with van der Waals surface area (Å²) in [7, 11) is 0. The van der Waals surface area contributed by atoms with E-state index in [2.05, 4.69) is 12.2 Å². The van der Waals surface area contributed by atoms with Crippen molar-refractivity contribution in [1.82, 2.24) is 5.32 Å². The molecule has 0 spiro atoms. The van der Waals surface area contributed by atoms with E-state index >= 15 is 0 Å². The fraction of sp³-hybridized carbons (Fsp3) is 0.917. The van der Waals surface area contributed by atoms with Gasteiger partial charge in [-0.1, -0.05) is 26.2 Å². The second kappa shape index (κ2) is 7.96. The Morgan fingerprint density at radius 1 is 1.44 bits per heavy atom. The second-order valence-corrected chi connectivity index (χ2v) is 5.79. The van der Waals surface area contributed by atoms with Crippen LogP contribution in [0.3, 0.4) is 0 Å². The zero-order valence-electron chi connectivity index (χ0n) is 10.2. The second-order valence-electron chi connectivity index (χ2n) is 4.76. The molecule has 0 saturated heterocycles. The van der Waals surface area contributed by atoms with E-state index in [4.69, 9.17) is 5.73 Å². The van der Waals surface area contributed by atoms with E-state index in [1.165, 1.54) is 19.3 Å². The predicted octanol–water partition coefficient (Wildman–Crippen LogP) is 1.76. The number of thioether (sulfide) groups is 1. The van der Waals surface area contributed by atoms with Crippen LogP contribution in [-0.4, -0.2) is 30.0 Å². The predicted molar refractivity (Wildman–Crippen MR) is 70.6 cm³/mol. The van der Waals surface area contributed by atoms with Gasteiger partial charge in [0, 0.05) is 6.04 Å². The summed E-state index contributed by atoms with van der Waals surface area (Å²) < 4.78 is 0. The summed E-state index contributed by atoms with van der Waals surface area (Å²) in [6, 6.07) is 0.439. The van der Waals surface area contributed by atoms with Gasteiger partial charge >= 0.3 is 0 Å². The minimum atomic E-state index is 0.195. The number of carbonyl (C=O) groups excluding carboxylic acids is 1. The maximum Gasteiger partial charge on any atom is 0.230 e. The maximum absolute atomic E-state index is 11.6. The molecule has 1 saturated carbocycles. The lowest BCUT2D eigenvalue weighted by Gasteiger charge is -2.22. The largest absolute Gasteiger partial charge is 0.353 e. The molecule has 3 nitrogen and oxygen atoms in total. The van der Waals surface area contributed by atoms with E-state index in [9.17, 15) is 4.79 Å². The molecule has 1 aliphatic carbocycles. The molecule has 0 aromatic rings. The molecule has 1 unspecified atom stereocenters. The van der Waals surface area contributed by atoms with Crippen LogP contribution in [0.15, 0.2) is 0 Å². The highest BCUT2D eigenvalue weighted by atomic mass is 32.2. The van der Waals surface area contributed by atoms with Gasteiger partial charge in [-0.2, -0.15) is 11.8 Å². The minimum Gasteiger partial charge on any atom is -0.353 e. The third-order valence-corrected chi connectivity index (χ3v) is 4.28. The quantitative estimate of drug-likeness (QED) is 0.748. The van der Waals surface area contributed by atoms with Crippen LogP contribution in [0.2, 0.25) is 0 Å². The Morgan fingerprint density at radius 2 is 2.12 bits per heavy atom. The number of amides is 1. The van der Waals surface area contributed by atoms with Crippen molar-refractivity contribution >= 4 is 17.7 Å². The molecular weight excluding hydrogens is 220 g/mol. The molecule has 1 aliphatic rings. The lowest BCUT2D eigenvalue weighted by Crippen LogP contribution is -2.37. The molecule has 0 radical (unpaired) electrons. The Kier molecular flexibility index (Phi) is 6.88. The first kappa shape index (κ1) is 13.8. The topological polar surface area (TPSA) is 55.1 Å². The van der Waals surface area contributed by atoms with E-state index in [0.717, 1.165) is 18.6 Å². The van der Waals surface area contributed by atoms with Gasteiger partial charge in [0.1, 0.15) is 0 Å². The van der Waals surface area contributed by atoms with Gasteiger partial charge in [-0.3, -0.25) is 4.79 Å². The Balaban J connectivity index is 2.05. The monoisotopic (exact) mass is 244 g/mol. The standard InChI is InChI=1S/C12H24N2OS/c1-10(7-13)8-16-9-12(15)14-11-5-3-2-4-6-11/h10-11H,2-9,13H2,1H3,(H,14,15). The molecule has 1 fully saturated rings. The van der Waals surface area contributed by atoms with Gasteiger partial charge in [-0.15, -0.1) is 0 Å². The average Bonchev–Trinajstić information content (AvgIpc) is 2.30. The van der Waals surface area contributed by atoms with Gasteiger partial charge in [0.05, 0.1) is 5.75 Å². The number of rotatable bonds is 6.